The summed E-state index contributed by atoms with van der Waals surface area (Å²) in [6.07, 6.45) is -3.35. The van der Waals surface area contributed by atoms with Gasteiger partial charge in [0, 0.05) is 6.26 Å². The maximum Gasteiger partial charge on any atom is 0.573 e. The molecule has 0 aromatic heterocycles. The minimum Gasteiger partial charge on any atom is -0.406 e. The van der Waals surface area contributed by atoms with Gasteiger partial charge in [0.15, 0.2) is 9.84 Å². The van der Waals surface area contributed by atoms with Crippen LogP contribution in [0.1, 0.15) is 37.4 Å². The van der Waals surface area contributed by atoms with Gasteiger partial charge < -0.3 is 10.5 Å². The fraction of sp³-hybridized carbons (Fsp3) is 0.310. The summed E-state index contributed by atoms with van der Waals surface area (Å²) in [6, 6.07) is 19.5. The van der Waals surface area contributed by atoms with Crippen LogP contribution in [-0.4, -0.2) is 44.4 Å². The van der Waals surface area contributed by atoms with E-state index in [9.17, 15) is 31.6 Å². The van der Waals surface area contributed by atoms with E-state index in [4.69, 9.17) is 5.73 Å². The number of amides is 1. The van der Waals surface area contributed by atoms with Gasteiger partial charge in [-0.05, 0) is 58.9 Å². The molecule has 3 rings (SSSR count). The third-order valence-electron chi connectivity index (χ3n) is 6.28. The molecule has 2 N–H and O–H groups in total. The number of primary amides is 1. The van der Waals surface area contributed by atoms with E-state index in [2.05, 4.69) is 10.8 Å². The van der Waals surface area contributed by atoms with Crippen molar-refractivity contribution in [2.75, 3.05) is 12.8 Å². The van der Waals surface area contributed by atoms with Gasteiger partial charge >= 0.3 is 6.36 Å². The second-order valence-electron chi connectivity index (χ2n) is 9.82. The molecule has 7 nitrogen and oxygen atoms in total. The predicted octanol–water partition coefficient (Wildman–Crippen LogP) is 5.47. The number of halogens is 3. The average molecular weight is 574 g/mol. The Hall–Kier alpha value is -3.88. The first-order valence-electron chi connectivity index (χ1n) is 12.4. The van der Waals surface area contributed by atoms with E-state index < -0.39 is 39.9 Å². The zero-order valence-electron chi connectivity index (χ0n) is 22.2. The summed E-state index contributed by atoms with van der Waals surface area (Å²) in [5, 5.41) is 9.66. The van der Waals surface area contributed by atoms with Crippen LogP contribution >= 0.6 is 0 Å². The molecule has 3 aromatic carbocycles. The number of nitriles is 1. The van der Waals surface area contributed by atoms with Crippen molar-refractivity contribution < 1.29 is 31.1 Å². The van der Waals surface area contributed by atoms with Crippen molar-refractivity contribution in [2.24, 2.45) is 11.7 Å². The van der Waals surface area contributed by atoms with E-state index in [0.717, 1.165) is 17.4 Å². The fourth-order valence-electron chi connectivity index (χ4n) is 4.50. The molecule has 1 amide bonds. The molecule has 0 saturated carbocycles. The molecule has 0 fully saturated rings. The summed E-state index contributed by atoms with van der Waals surface area (Å²) in [7, 11) is -3.34. The van der Waals surface area contributed by atoms with Crippen LogP contribution < -0.4 is 10.5 Å². The summed E-state index contributed by atoms with van der Waals surface area (Å²) >= 11 is 0. The SMILES string of the molecule is CC(C)C[C@@H](C(N)=O)N(CC#N)[C@H](c1ccc(OC(F)(F)F)cc1)c1ccc(-c2ccc(S(C)(=O)=O)cc2)cc1. The van der Waals surface area contributed by atoms with Gasteiger partial charge in [0.25, 0.3) is 0 Å². The van der Waals surface area contributed by atoms with Crippen LogP contribution in [0.2, 0.25) is 0 Å². The molecule has 11 heteroatoms. The lowest BCUT2D eigenvalue weighted by Crippen LogP contribution is -2.47. The van der Waals surface area contributed by atoms with Crippen molar-refractivity contribution in [2.45, 2.75) is 43.6 Å². The molecule has 0 radical (unpaired) electrons. The van der Waals surface area contributed by atoms with Crippen molar-refractivity contribution in [3.63, 3.8) is 0 Å². The second kappa shape index (κ2) is 12.5. The second-order valence-corrected chi connectivity index (χ2v) is 11.8. The number of sulfone groups is 1. The molecule has 0 heterocycles. The highest BCUT2D eigenvalue weighted by Gasteiger charge is 2.34. The monoisotopic (exact) mass is 573 g/mol. The van der Waals surface area contributed by atoms with Crippen LogP contribution in [0, 0.1) is 17.2 Å². The van der Waals surface area contributed by atoms with Crippen LogP contribution in [0.25, 0.3) is 11.1 Å². The molecule has 0 aliphatic carbocycles. The number of benzene rings is 3. The van der Waals surface area contributed by atoms with E-state index in [1.807, 2.05) is 26.0 Å². The van der Waals surface area contributed by atoms with Gasteiger partial charge in [-0.25, -0.2) is 8.42 Å². The van der Waals surface area contributed by atoms with Crippen LogP contribution in [0.4, 0.5) is 13.2 Å². The molecule has 0 saturated heterocycles. The van der Waals surface area contributed by atoms with Crippen molar-refractivity contribution in [1.82, 2.24) is 4.90 Å². The van der Waals surface area contributed by atoms with Crippen LogP contribution in [-0.2, 0) is 14.6 Å². The quantitative estimate of drug-likeness (QED) is 0.304. The number of nitrogens with zero attached hydrogens (tertiary/aromatic N) is 2. The largest absolute Gasteiger partial charge is 0.573 e. The topological polar surface area (TPSA) is 113 Å². The van der Waals surface area contributed by atoms with Gasteiger partial charge in [0.05, 0.1) is 29.6 Å². The zero-order chi connectivity index (χ0) is 29.7. The summed E-state index contributed by atoms with van der Waals surface area (Å²) < 4.78 is 65.7. The van der Waals surface area contributed by atoms with Crippen LogP contribution in [0.15, 0.2) is 77.7 Å². The number of ether oxygens (including phenoxy) is 1. The number of rotatable bonds is 11. The van der Waals surface area contributed by atoms with Gasteiger partial charge in [-0.1, -0.05) is 62.4 Å². The molecule has 2 atom stereocenters. The van der Waals surface area contributed by atoms with Crippen molar-refractivity contribution >= 4 is 15.7 Å². The molecular weight excluding hydrogens is 543 g/mol. The molecule has 0 bridgehead atoms. The highest BCUT2D eigenvalue weighted by Crippen LogP contribution is 2.35. The van der Waals surface area contributed by atoms with Gasteiger partial charge in [-0.15, -0.1) is 13.2 Å². The van der Waals surface area contributed by atoms with E-state index in [1.165, 1.54) is 36.4 Å². The Morgan fingerprint density at radius 2 is 1.43 bits per heavy atom. The smallest absolute Gasteiger partial charge is 0.406 e. The Kier molecular flexibility index (Phi) is 9.60. The first kappa shape index (κ1) is 30.7. The van der Waals surface area contributed by atoms with E-state index in [0.29, 0.717) is 17.5 Å². The summed E-state index contributed by atoms with van der Waals surface area (Å²) in [5.41, 5.74) is 8.53. The highest BCUT2D eigenvalue weighted by atomic mass is 32.2. The summed E-state index contributed by atoms with van der Waals surface area (Å²) in [5.74, 6) is -0.948. The lowest BCUT2D eigenvalue weighted by atomic mass is 9.91. The normalized spacial score (nSPS) is 13.6. The molecule has 0 spiro atoms. The molecule has 40 heavy (non-hydrogen) atoms. The highest BCUT2D eigenvalue weighted by molar-refractivity contribution is 7.90. The third-order valence-corrected chi connectivity index (χ3v) is 7.41. The maximum atomic E-state index is 12.7. The van der Waals surface area contributed by atoms with Gasteiger partial charge in [0.2, 0.25) is 5.91 Å². The minimum absolute atomic E-state index is 0.0687. The third kappa shape index (κ3) is 8.07. The Balaban J connectivity index is 2.08. The molecule has 212 valence electrons. The maximum absolute atomic E-state index is 12.7. The number of hydrogen-bond donors (Lipinski definition) is 1. The van der Waals surface area contributed by atoms with E-state index >= 15 is 0 Å². The molecule has 0 aliphatic heterocycles. The molecular formula is C29H30F3N3O4S. The number of hydrogen-bond acceptors (Lipinski definition) is 6. The Morgan fingerprint density at radius 3 is 1.82 bits per heavy atom. The Bertz CT molecular complexity index is 1450. The predicted molar refractivity (Wildman–Crippen MR) is 145 cm³/mol. The summed E-state index contributed by atoms with van der Waals surface area (Å²) in [6.45, 7) is 3.67. The minimum atomic E-state index is -4.85. The van der Waals surface area contributed by atoms with Crippen molar-refractivity contribution in [3.05, 3.63) is 83.9 Å². The van der Waals surface area contributed by atoms with Crippen LogP contribution in [0.5, 0.6) is 5.75 Å². The number of nitrogens with two attached hydrogens (primary N) is 1. The van der Waals surface area contributed by atoms with E-state index in [1.54, 1.807) is 29.2 Å². The Labute approximate surface area is 231 Å². The molecule has 0 unspecified atom stereocenters. The van der Waals surface area contributed by atoms with Crippen LogP contribution in [0.3, 0.4) is 0 Å². The summed E-state index contributed by atoms with van der Waals surface area (Å²) in [4.78, 5) is 14.4. The number of carbonyl (C=O) groups is 1. The lowest BCUT2D eigenvalue weighted by molar-refractivity contribution is -0.274. The van der Waals surface area contributed by atoms with E-state index in [-0.39, 0.29) is 17.4 Å². The fourth-order valence-corrected chi connectivity index (χ4v) is 5.13. The standard InChI is InChI=1S/C29H30F3N3O4S/c1-19(2)18-26(28(34)36)35(17-16-33)27(23-8-12-24(13-9-23)39-29(30,31)32)22-6-4-20(5-7-22)21-10-14-25(15-11-21)40(3,37)38/h4-15,19,26-27H,17-18H2,1-3H3,(H2,34,36)/t26-,27-/m0/s1. The average Bonchev–Trinajstić information content (AvgIpc) is 2.87. The van der Waals surface area contributed by atoms with Crippen molar-refractivity contribution in [3.8, 4) is 22.9 Å². The lowest BCUT2D eigenvalue weighted by Gasteiger charge is -2.36. The Morgan fingerprint density at radius 1 is 0.950 bits per heavy atom. The van der Waals surface area contributed by atoms with Crippen molar-refractivity contribution in [1.29, 1.82) is 5.26 Å². The first-order valence-corrected chi connectivity index (χ1v) is 14.3. The number of carbonyl (C=O) groups excluding carboxylic acids is 1. The van der Waals surface area contributed by atoms with Gasteiger partial charge in [0.1, 0.15) is 5.75 Å². The molecule has 3 aromatic rings. The van der Waals surface area contributed by atoms with Gasteiger partial charge in [-0.2, -0.15) is 5.26 Å². The number of alkyl halides is 3. The van der Waals surface area contributed by atoms with Gasteiger partial charge in [-0.3, -0.25) is 9.69 Å². The zero-order valence-corrected chi connectivity index (χ0v) is 23.0. The molecule has 0 aliphatic rings. The first-order chi connectivity index (χ1) is 18.7.